The van der Waals surface area contributed by atoms with Crippen LogP contribution in [0.1, 0.15) is 16.1 Å². The van der Waals surface area contributed by atoms with Crippen LogP contribution in [0.4, 0.5) is 0 Å². The van der Waals surface area contributed by atoms with Gasteiger partial charge in [0.2, 0.25) is 16.2 Å². The van der Waals surface area contributed by atoms with Crippen LogP contribution in [0.2, 0.25) is 0 Å². The van der Waals surface area contributed by atoms with E-state index < -0.39 is 17.0 Å². The number of carbonyl (C=O) groups excluding carboxylic acids is 1. The van der Waals surface area contributed by atoms with E-state index >= 15 is 0 Å². The van der Waals surface area contributed by atoms with E-state index in [2.05, 4.69) is 0 Å². The summed E-state index contributed by atoms with van der Waals surface area (Å²) in [6.45, 7) is 1.50. The Bertz CT molecular complexity index is 343. The lowest BCUT2D eigenvalue weighted by atomic mass is 10.2. The van der Waals surface area contributed by atoms with E-state index in [-0.39, 0.29) is 16.4 Å². The number of amides is 1. The summed E-state index contributed by atoms with van der Waals surface area (Å²) in [6.07, 6.45) is 0. The van der Waals surface area contributed by atoms with Gasteiger partial charge in [0.15, 0.2) is 0 Å². The summed E-state index contributed by atoms with van der Waals surface area (Å²) in [5, 5.41) is -0.165. The molecule has 0 spiro atoms. The molecule has 0 aliphatic carbocycles. The van der Waals surface area contributed by atoms with Crippen molar-refractivity contribution in [1.29, 1.82) is 0 Å². The van der Waals surface area contributed by atoms with Crippen molar-refractivity contribution in [2.45, 2.75) is 12.0 Å². The number of carbonyl (C=O) groups is 1. The maximum Gasteiger partial charge on any atom is 0.252 e. The molecule has 1 atom stereocenters. The van der Waals surface area contributed by atoms with Crippen LogP contribution in [0.5, 0.6) is 0 Å². The molecule has 0 aliphatic heterocycles. The molecule has 3 N–H and O–H groups in total. The molecule has 0 saturated carbocycles. The first-order valence-electron chi connectivity index (χ1n) is 3.03. The molecule has 1 unspecified atom stereocenters. The third-order valence-electron chi connectivity index (χ3n) is 1.33. The van der Waals surface area contributed by atoms with E-state index in [9.17, 15) is 9.00 Å². The predicted molar refractivity (Wildman–Crippen MR) is 41.0 cm³/mol. The van der Waals surface area contributed by atoms with Gasteiger partial charge in [-0.15, -0.1) is 0 Å². The summed E-state index contributed by atoms with van der Waals surface area (Å²) in [5.74, 6) is -0.423. The highest BCUT2D eigenvalue weighted by atomic mass is 32.2. The van der Waals surface area contributed by atoms with Crippen LogP contribution >= 0.6 is 0 Å². The Labute approximate surface area is 70.8 Å². The van der Waals surface area contributed by atoms with Crippen LogP contribution in [0, 0.1) is 6.92 Å². The molecule has 1 rings (SSSR count). The number of furan rings is 1. The van der Waals surface area contributed by atoms with E-state index in [4.69, 9.17) is 14.7 Å². The molecular formula is C6H7NO4S. The van der Waals surface area contributed by atoms with Crippen molar-refractivity contribution in [3.8, 4) is 0 Å². The lowest BCUT2D eigenvalue weighted by Gasteiger charge is -1.86. The van der Waals surface area contributed by atoms with Crippen molar-refractivity contribution >= 4 is 17.0 Å². The molecule has 0 aliphatic rings. The summed E-state index contributed by atoms with van der Waals surface area (Å²) < 4.78 is 23.8. The van der Waals surface area contributed by atoms with Crippen LogP contribution in [0.3, 0.4) is 0 Å². The third kappa shape index (κ3) is 1.54. The van der Waals surface area contributed by atoms with E-state index in [0.29, 0.717) is 0 Å². The summed E-state index contributed by atoms with van der Waals surface area (Å²) in [4.78, 5) is 10.6. The van der Waals surface area contributed by atoms with Gasteiger partial charge in [0.05, 0.1) is 5.56 Å². The average molecular weight is 189 g/mol. The summed E-state index contributed by atoms with van der Waals surface area (Å²) in [6, 6.07) is 1.16. The topological polar surface area (TPSA) is 93.5 Å². The molecule has 1 heterocycles. The zero-order chi connectivity index (χ0) is 9.30. The molecule has 12 heavy (non-hydrogen) atoms. The largest absolute Gasteiger partial charge is 0.449 e. The van der Waals surface area contributed by atoms with Gasteiger partial charge in [-0.05, 0) is 6.92 Å². The smallest absolute Gasteiger partial charge is 0.252 e. The monoisotopic (exact) mass is 189 g/mol. The molecule has 1 aromatic rings. The number of aryl methyl sites for hydroxylation is 1. The van der Waals surface area contributed by atoms with Crippen LogP contribution in [-0.4, -0.2) is 14.7 Å². The van der Waals surface area contributed by atoms with E-state index in [1.807, 2.05) is 0 Å². The second-order valence-corrected chi connectivity index (χ2v) is 3.05. The maximum atomic E-state index is 10.6. The summed E-state index contributed by atoms with van der Waals surface area (Å²) >= 11 is -2.21. The molecule has 1 aromatic heterocycles. The number of primary amides is 1. The molecule has 0 radical (unpaired) electrons. The molecular weight excluding hydrogens is 182 g/mol. The highest BCUT2D eigenvalue weighted by Gasteiger charge is 2.14. The lowest BCUT2D eigenvalue weighted by molar-refractivity contribution is 0.0999. The first kappa shape index (κ1) is 8.95. The molecule has 5 nitrogen and oxygen atoms in total. The maximum absolute atomic E-state index is 10.6. The zero-order valence-corrected chi connectivity index (χ0v) is 7.05. The Kier molecular flexibility index (Phi) is 2.30. The van der Waals surface area contributed by atoms with Crippen LogP contribution in [-0.2, 0) is 11.1 Å². The molecule has 0 aromatic carbocycles. The Morgan fingerprint density at radius 2 is 2.33 bits per heavy atom. The first-order valence-corrected chi connectivity index (χ1v) is 4.14. The number of hydrogen-bond donors (Lipinski definition) is 2. The molecule has 0 fully saturated rings. The van der Waals surface area contributed by atoms with Gasteiger partial charge < -0.3 is 10.2 Å². The van der Waals surface area contributed by atoms with E-state index in [0.717, 1.165) is 6.07 Å². The van der Waals surface area contributed by atoms with E-state index in [1.54, 1.807) is 0 Å². The predicted octanol–water partition coefficient (Wildman–Crippen LogP) is 0.268. The second-order valence-electron chi connectivity index (χ2n) is 2.15. The van der Waals surface area contributed by atoms with Crippen molar-refractivity contribution < 1.29 is 18.0 Å². The van der Waals surface area contributed by atoms with Gasteiger partial charge in [-0.3, -0.25) is 9.35 Å². The Morgan fingerprint density at radius 3 is 2.58 bits per heavy atom. The van der Waals surface area contributed by atoms with Crippen molar-refractivity contribution in [3.63, 3.8) is 0 Å². The van der Waals surface area contributed by atoms with Gasteiger partial charge >= 0.3 is 0 Å². The van der Waals surface area contributed by atoms with Crippen LogP contribution in [0.25, 0.3) is 0 Å². The fraction of sp³-hybridized carbons (Fsp3) is 0.167. The second kappa shape index (κ2) is 3.08. The quantitative estimate of drug-likeness (QED) is 0.653. The molecule has 1 amide bonds. The first-order chi connectivity index (χ1) is 5.52. The minimum Gasteiger partial charge on any atom is -0.449 e. The lowest BCUT2D eigenvalue weighted by Crippen LogP contribution is -2.10. The van der Waals surface area contributed by atoms with Gasteiger partial charge in [-0.1, -0.05) is 0 Å². The standard InChI is InChI=1S/C6H7NO4S/c1-3-4(6(7)8)2-5(11-3)12(9)10/h2H,1H3,(H2,7,8)(H,9,10). The Hall–Kier alpha value is -1.14. The number of nitrogens with two attached hydrogens (primary N) is 1. The van der Waals surface area contributed by atoms with Crippen molar-refractivity contribution in [2.24, 2.45) is 5.73 Å². The van der Waals surface area contributed by atoms with E-state index in [1.165, 1.54) is 6.92 Å². The SMILES string of the molecule is Cc1oc(S(=O)O)cc1C(N)=O. The Morgan fingerprint density at radius 1 is 1.75 bits per heavy atom. The minimum absolute atomic E-state index is 0.132. The minimum atomic E-state index is -2.21. The summed E-state index contributed by atoms with van der Waals surface area (Å²) in [7, 11) is 0. The molecule has 0 bridgehead atoms. The Balaban J connectivity index is 3.17. The average Bonchev–Trinajstić information content (AvgIpc) is 2.30. The van der Waals surface area contributed by atoms with Gasteiger partial charge in [-0.25, -0.2) is 4.21 Å². The number of hydrogen-bond acceptors (Lipinski definition) is 3. The zero-order valence-electron chi connectivity index (χ0n) is 6.23. The highest BCUT2D eigenvalue weighted by Crippen LogP contribution is 2.15. The molecule has 0 saturated heterocycles. The van der Waals surface area contributed by atoms with Crippen LogP contribution < -0.4 is 5.73 Å². The highest BCUT2D eigenvalue weighted by molar-refractivity contribution is 7.79. The van der Waals surface area contributed by atoms with Crippen molar-refractivity contribution in [2.75, 3.05) is 0 Å². The molecule has 6 heteroatoms. The van der Waals surface area contributed by atoms with Gasteiger partial charge in [0, 0.05) is 6.07 Å². The molecule has 66 valence electrons. The fourth-order valence-electron chi connectivity index (χ4n) is 0.785. The number of rotatable bonds is 2. The normalized spacial score (nSPS) is 12.8. The van der Waals surface area contributed by atoms with Gasteiger partial charge in [-0.2, -0.15) is 0 Å². The summed E-state index contributed by atoms with van der Waals surface area (Å²) in [5.41, 5.74) is 5.08. The fourth-order valence-corrected chi connectivity index (χ4v) is 1.20. The third-order valence-corrected chi connectivity index (χ3v) is 1.88. The van der Waals surface area contributed by atoms with Gasteiger partial charge in [0.1, 0.15) is 5.76 Å². The van der Waals surface area contributed by atoms with Crippen molar-refractivity contribution in [1.82, 2.24) is 0 Å². The van der Waals surface area contributed by atoms with Crippen molar-refractivity contribution in [3.05, 3.63) is 17.4 Å². The van der Waals surface area contributed by atoms with Gasteiger partial charge in [0.25, 0.3) is 5.91 Å². The van der Waals surface area contributed by atoms with Crippen LogP contribution in [0.15, 0.2) is 15.6 Å².